The summed E-state index contributed by atoms with van der Waals surface area (Å²) in [5.41, 5.74) is 5.74. The second-order valence-electron chi connectivity index (χ2n) is 8.40. The average Bonchev–Trinajstić information content (AvgIpc) is 3.21. The van der Waals surface area contributed by atoms with Gasteiger partial charge in [-0.05, 0) is 53.9 Å². The largest absolute Gasteiger partial charge is 0.310 e. The number of nitrogens with zero attached hydrogens (tertiary/aromatic N) is 4. The summed E-state index contributed by atoms with van der Waals surface area (Å²) in [5.74, 6) is 0.268. The van der Waals surface area contributed by atoms with E-state index in [0.29, 0.717) is 18.1 Å². The molecule has 0 aliphatic carbocycles. The first-order valence-electron chi connectivity index (χ1n) is 11.2. The molecule has 3 heterocycles. The number of nitrogens with one attached hydrogen (secondary N) is 1. The number of para-hydroxylation sites is 2. The van der Waals surface area contributed by atoms with Crippen LogP contribution in [0.25, 0.3) is 22.3 Å². The molecule has 7 nitrogen and oxygen atoms in total. The molecule has 0 unspecified atom stereocenters. The molecule has 166 valence electrons. The molecule has 6 bridgehead atoms. The summed E-state index contributed by atoms with van der Waals surface area (Å²) in [6.07, 6.45) is 0.742. The Labute approximate surface area is 195 Å². The molecule has 0 saturated carbocycles. The highest BCUT2D eigenvalue weighted by Gasteiger charge is 2.16. The lowest BCUT2D eigenvalue weighted by atomic mass is 10.1. The van der Waals surface area contributed by atoms with Crippen LogP contribution in [-0.2, 0) is 19.5 Å². The summed E-state index contributed by atoms with van der Waals surface area (Å²) >= 11 is 0. The number of imidazole rings is 1. The summed E-state index contributed by atoms with van der Waals surface area (Å²) in [6.45, 7) is 0.915. The van der Waals surface area contributed by atoms with Crippen LogP contribution in [0.1, 0.15) is 21.5 Å². The minimum Gasteiger partial charge on any atom is -0.310 e. The second-order valence-corrected chi connectivity index (χ2v) is 8.40. The molecule has 1 aliphatic rings. The van der Waals surface area contributed by atoms with Crippen LogP contribution in [0.15, 0.2) is 89.7 Å². The molecule has 5 aromatic rings. The number of aromatic nitrogens is 4. The van der Waals surface area contributed by atoms with Crippen LogP contribution < -0.4 is 10.9 Å². The smallest absolute Gasteiger partial charge is 0.267 e. The monoisotopic (exact) mass is 447 g/mol. The number of carbonyl (C=O) groups excluding carboxylic acids is 1. The number of benzene rings is 3. The van der Waals surface area contributed by atoms with E-state index in [4.69, 9.17) is 0 Å². The van der Waals surface area contributed by atoms with E-state index in [2.05, 4.69) is 27.5 Å². The van der Waals surface area contributed by atoms with Gasteiger partial charge in [-0.25, -0.2) is 9.67 Å². The number of rotatable bonds is 0. The highest BCUT2D eigenvalue weighted by Crippen LogP contribution is 2.23. The van der Waals surface area contributed by atoms with Gasteiger partial charge in [-0.2, -0.15) is 5.10 Å². The average molecular weight is 447 g/mol. The lowest BCUT2D eigenvalue weighted by Crippen LogP contribution is -2.23. The number of amides is 1. The molecule has 1 N–H and O–H groups in total. The minimum atomic E-state index is -0.249. The summed E-state index contributed by atoms with van der Waals surface area (Å²) in [5, 5.41) is 7.60. The maximum atomic E-state index is 13.1. The van der Waals surface area contributed by atoms with E-state index in [9.17, 15) is 9.59 Å². The van der Waals surface area contributed by atoms with Crippen molar-refractivity contribution in [2.24, 2.45) is 0 Å². The van der Waals surface area contributed by atoms with Crippen LogP contribution in [-0.4, -0.2) is 25.2 Å². The molecule has 6 rings (SSSR count). The lowest BCUT2D eigenvalue weighted by molar-refractivity contribution is 0.102. The number of carbonyl (C=O) groups is 1. The first-order valence-corrected chi connectivity index (χ1v) is 11.2. The third-order valence-corrected chi connectivity index (χ3v) is 6.11. The van der Waals surface area contributed by atoms with E-state index in [1.165, 1.54) is 4.68 Å². The van der Waals surface area contributed by atoms with Crippen LogP contribution in [0.5, 0.6) is 0 Å². The fourth-order valence-electron chi connectivity index (χ4n) is 4.40. The molecular weight excluding hydrogens is 426 g/mol. The Bertz CT molecular complexity index is 1620. The van der Waals surface area contributed by atoms with E-state index >= 15 is 0 Å². The fraction of sp³-hybridized carbons (Fsp3) is 0.111. The van der Waals surface area contributed by atoms with Gasteiger partial charge in [0.05, 0.1) is 23.3 Å². The SMILES string of the molecule is O=C1Nc2nc3ccccc3n2CCc2cccc(c2)-c2ccc(=O)n(n2)Cc2cccc1c2. The van der Waals surface area contributed by atoms with Gasteiger partial charge in [-0.3, -0.25) is 14.9 Å². The summed E-state index contributed by atoms with van der Waals surface area (Å²) < 4.78 is 3.48. The van der Waals surface area contributed by atoms with Gasteiger partial charge < -0.3 is 4.57 Å². The minimum absolute atomic E-state index is 0.190. The molecule has 0 saturated heterocycles. The molecule has 34 heavy (non-hydrogen) atoms. The molecule has 0 fully saturated rings. The number of aryl methyl sites for hydroxylation is 2. The summed E-state index contributed by atoms with van der Waals surface area (Å²) in [7, 11) is 0. The van der Waals surface area contributed by atoms with Crippen molar-refractivity contribution < 1.29 is 4.79 Å². The Morgan fingerprint density at radius 2 is 1.59 bits per heavy atom. The van der Waals surface area contributed by atoms with Crippen molar-refractivity contribution in [1.29, 1.82) is 0 Å². The Hall–Kier alpha value is -4.52. The summed E-state index contributed by atoms with van der Waals surface area (Å²) in [6, 6.07) is 26.6. The zero-order valence-corrected chi connectivity index (χ0v) is 18.3. The third kappa shape index (κ3) is 3.67. The normalized spacial score (nSPS) is 13.4. The van der Waals surface area contributed by atoms with Crippen molar-refractivity contribution in [3.63, 3.8) is 0 Å². The van der Waals surface area contributed by atoms with Gasteiger partial charge in [-0.1, -0.05) is 42.5 Å². The first-order chi connectivity index (χ1) is 16.6. The van der Waals surface area contributed by atoms with Crippen molar-refractivity contribution >= 4 is 22.9 Å². The molecular formula is C27H21N5O2. The maximum Gasteiger partial charge on any atom is 0.267 e. The van der Waals surface area contributed by atoms with Crippen LogP contribution in [0.2, 0.25) is 0 Å². The standard InChI is InChI=1S/C27H21N5O2/c33-25-12-11-22-20-7-3-5-18(15-20)13-14-31-24-10-2-1-9-23(24)28-27(31)29-26(34)21-8-4-6-19(16-21)17-32(25)30-22/h1-12,15-16H,13-14,17H2,(H,28,29,34). The zero-order chi connectivity index (χ0) is 23.1. The topological polar surface area (TPSA) is 81.8 Å². The van der Waals surface area contributed by atoms with Crippen molar-refractivity contribution in [3.05, 3.63) is 112 Å². The molecule has 1 amide bonds. The van der Waals surface area contributed by atoms with E-state index < -0.39 is 0 Å². The predicted octanol–water partition coefficient (Wildman–Crippen LogP) is 4.12. The quantitative estimate of drug-likeness (QED) is 0.387. The molecule has 3 aromatic carbocycles. The van der Waals surface area contributed by atoms with E-state index in [1.807, 2.05) is 53.1 Å². The van der Waals surface area contributed by atoms with Gasteiger partial charge in [0, 0.05) is 23.7 Å². The Kier molecular flexibility index (Phi) is 4.80. The highest BCUT2D eigenvalue weighted by atomic mass is 16.2. The van der Waals surface area contributed by atoms with Crippen LogP contribution in [0, 0.1) is 0 Å². The van der Waals surface area contributed by atoms with Crippen molar-refractivity contribution in [2.75, 3.05) is 5.32 Å². The van der Waals surface area contributed by atoms with Crippen LogP contribution in [0.3, 0.4) is 0 Å². The number of hydrogen-bond acceptors (Lipinski definition) is 4. The third-order valence-electron chi connectivity index (χ3n) is 6.11. The fourth-order valence-corrected chi connectivity index (χ4v) is 4.40. The maximum absolute atomic E-state index is 13.1. The molecule has 1 aliphatic heterocycles. The lowest BCUT2D eigenvalue weighted by Gasteiger charge is -2.13. The van der Waals surface area contributed by atoms with Crippen LogP contribution >= 0.6 is 0 Å². The van der Waals surface area contributed by atoms with Crippen molar-refractivity contribution in [3.8, 4) is 11.3 Å². The van der Waals surface area contributed by atoms with Gasteiger partial charge in [-0.15, -0.1) is 0 Å². The Morgan fingerprint density at radius 1 is 0.794 bits per heavy atom. The van der Waals surface area contributed by atoms with Crippen molar-refractivity contribution in [2.45, 2.75) is 19.5 Å². The predicted molar refractivity (Wildman–Crippen MR) is 131 cm³/mol. The highest BCUT2D eigenvalue weighted by molar-refractivity contribution is 6.04. The van der Waals surface area contributed by atoms with Gasteiger partial charge in [0.25, 0.3) is 11.5 Å². The van der Waals surface area contributed by atoms with Gasteiger partial charge in [0.2, 0.25) is 5.95 Å². The van der Waals surface area contributed by atoms with E-state index in [-0.39, 0.29) is 18.0 Å². The van der Waals surface area contributed by atoms with Gasteiger partial charge >= 0.3 is 0 Å². The van der Waals surface area contributed by atoms with Crippen LogP contribution in [0.4, 0.5) is 5.95 Å². The van der Waals surface area contributed by atoms with E-state index in [1.54, 1.807) is 24.3 Å². The molecule has 0 atom stereocenters. The molecule has 0 radical (unpaired) electrons. The number of anilines is 1. The van der Waals surface area contributed by atoms with Gasteiger partial charge in [0.1, 0.15) is 0 Å². The molecule has 0 spiro atoms. The Balaban J connectivity index is 1.52. The Morgan fingerprint density at radius 3 is 2.50 bits per heavy atom. The second kappa shape index (κ2) is 8.12. The molecule has 7 heteroatoms. The van der Waals surface area contributed by atoms with Crippen molar-refractivity contribution in [1.82, 2.24) is 19.3 Å². The number of hydrogen-bond donors (Lipinski definition) is 1. The molecule has 2 aromatic heterocycles. The zero-order valence-electron chi connectivity index (χ0n) is 18.3. The first kappa shape index (κ1) is 20.1. The van der Waals surface area contributed by atoms with E-state index in [0.717, 1.165) is 39.8 Å². The van der Waals surface area contributed by atoms with Gasteiger partial charge in [0.15, 0.2) is 0 Å². The summed E-state index contributed by atoms with van der Waals surface area (Å²) in [4.78, 5) is 30.3. The number of fused-ring (bicyclic) bond motifs is 10.